The molecule has 1 saturated heterocycles. The zero-order valence-corrected chi connectivity index (χ0v) is 11.6. The highest BCUT2D eigenvalue weighted by atomic mass is 16.6. The van der Waals surface area contributed by atoms with E-state index in [0.29, 0.717) is 18.4 Å². The molecule has 0 aromatic heterocycles. The zero-order chi connectivity index (χ0) is 13.6. The Kier molecular flexibility index (Phi) is 3.14. The van der Waals surface area contributed by atoms with E-state index < -0.39 is 11.6 Å². The Morgan fingerprint density at radius 1 is 1.33 bits per heavy atom. The normalized spacial score (nSPS) is 29.6. The average molecular weight is 250 g/mol. The van der Waals surface area contributed by atoms with E-state index in [1.807, 2.05) is 12.2 Å². The van der Waals surface area contributed by atoms with Crippen molar-refractivity contribution in [3.63, 3.8) is 0 Å². The third kappa shape index (κ3) is 1.81. The van der Waals surface area contributed by atoms with Gasteiger partial charge in [0.25, 0.3) is 0 Å². The molecule has 0 bridgehead atoms. The number of carboxylic acid groups (broad SMARTS) is 1. The predicted molar refractivity (Wildman–Crippen MR) is 70.3 cm³/mol. The molecular weight excluding hydrogens is 228 g/mol. The van der Waals surface area contributed by atoms with Crippen molar-refractivity contribution in [3.05, 3.63) is 23.8 Å². The lowest BCUT2D eigenvalue weighted by molar-refractivity contribution is -0.141. The minimum atomic E-state index is -1.03. The number of rotatable bonds is 4. The van der Waals surface area contributed by atoms with Crippen molar-refractivity contribution in [1.29, 1.82) is 0 Å². The quantitative estimate of drug-likeness (QED) is 0.780. The van der Waals surface area contributed by atoms with Crippen molar-refractivity contribution >= 4 is 5.97 Å². The molecule has 100 valence electrons. The molecule has 2 aliphatic rings. The molecule has 1 aliphatic carbocycles. The highest BCUT2D eigenvalue weighted by molar-refractivity contribution is 5.85. The third-order valence-electron chi connectivity index (χ3n) is 4.65. The van der Waals surface area contributed by atoms with Gasteiger partial charge in [-0.25, -0.2) is 4.79 Å². The second-order valence-electron chi connectivity index (χ2n) is 6.07. The Hall–Kier alpha value is -1.09. The minimum Gasteiger partial charge on any atom is -0.479 e. The Morgan fingerprint density at radius 2 is 1.89 bits per heavy atom. The molecule has 3 nitrogen and oxygen atoms in total. The van der Waals surface area contributed by atoms with Crippen LogP contribution in [0.5, 0.6) is 0 Å². The molecule has 1 atom stereocenters. The van der Waals surface area contributed by atoms with Crippen LogP contribution in [0.1, 0.15) is 34.1 Å². The number of aliphatic carboxylic acids is 1. The van der Waals surface area contributed by atoms with Gasteiger partial charge in [-0.05, 0) is 29.2 Å². The van der Waals surface area contributed by atoms with Crippen LogP contribution in [0.4, 0.5) is 0 Å². The number of epoxide rings is 1. The predicted octanol–water partition coefficient (Wildman–Crippen LogP) is 3.02. The smallest absolute Gasteiger partial charge is 0.342 e. The molecule has 0 aromatic rings. The molecule has 1 heterocycles. The van der Waals surface area contributed by atoms with Crippen LogP contribution in [0.2, 0.25) is 0 Å². The Balaban J connectivity index is 2.31. The minimum absolute atomic E-state index is 0.0402. The molecular formula is C15H22O3. The highest BCUT2D eigenvalue weighted by Gasteiger charge is 2.57. The molecule has 2 rings (SSSR count). The number of carboxylic acids is 1. The molecule has 18 heavy (non-hydrogen) atoms. The first-order valence-electron chi connectivity index (χ1n) is 6.61. The van der Waals surface area contributed by atoms with Gasteiger partial charge in [-0.15, -0.1) is 0 Å². The first kappa shape index (κ1) is 13.3. The first-order valence-corrected chi connectivity index (χ1v) is 6.61. The summed E-state index contributed by atoms with van der Waals surface area (Å²) in [6, 6.07) is 0. The summed E-state index contributed by atoms with van der Waals surface area (Å²) in [4.78, 5) is 11.3. The molecule has 1 unspecified atom stereocenters. The van der Waals surface area contributed by atoms with E-state index in [1.54, 1.807) is 0 Å². The fraction of sp³-hybridized carbons (Fsp3) is 0.667. The standard InChI is InChI=1S/C15H22O3/c1-10(2)14(11(3)4)7-5-6-12(8-14)15(9-18-15)13(16)17/h5-7,10-11H,8-9H2,1-4H3,(H,16,17). The molecule has 0 amide bonds. The van der Waals surface area contributed by atoms with E-state index in [0.717, 1.165) is 12.0 Å². The van der Waals surface area contributed by atoms with Gasteiger partial charge in [0.05, 0.1) is 6.61 Å². The fourth-order valence-corrected chi connectivity index (χ4v) is 3.05. The van der Waals surface area contributed by atoms with Crippen LogP contribution < -0.4 is 0 Å². The van der Waals surface area contributed by atoms with Gasteiger partial charge < -0.3 is 9.84 Å². The summed E-state index contributed by atoms with van der Waals surface area (Å²) < 4.78 is 5.25. The highest BCUT2D eigenvalue weighted by Crippen LogP contribution is 2.50. The Morgan fingerprint density at radius 3 is 2.28 bits per heavy atom. The van der Waals surface area contributed by atoms with Crippen molar-refractivity contribution in [1.82, 2.24) is 0 Å². The second-order valence-corrected chi connectivity index (χ2v) is 6.07. The van der Waals surface area contributed by atoms with Crippen LogP contribution in [0, 0.1) is 17.3 Å². The van der Waals surface area contributed by atoms with Gasteiger partial charge in [0.15, 0.2) is 0 Å². The van der Waals surface area contributed by atoms with E-state index >= 15 is 0 Å². The van der Waals surface area contributed by atoms with E-state index in [9.17, 15) is 9.90 Å². The second kappa shape index (κ2) is 4.23. The van der Waals surface area contributed by atoms with Gasteiger partial charge in [0.1, 0.15) is 0 Å². The summed E-state index contributed by atoms with van der Waals surface area (Å²) in [6.07, 6.45) is 6.95. The lowest BCUT2D eigenvalue weighted by Gasteiger charge is -2.42. The number of hydrogen-bond acceptors (Lipinski definition) is 2. The van der Waals surface area contributed by atoms with Gasteiger partial charge in [0.2, 0.25) is 5.60 Å². The summed E-state index contributed by atoms with van der Waals surface area (Å²) in [5.41, 5.74) is -0.0712. The topological polar surface area (TPSA) is 49.8 Å². The van der Waals surface area contributed by atoms with Crippen LogP contribution in [0.15, 0.2) is 23.8 Å². The van der Waals surface area contributed by atoms with Crippen molar-refractivity contribution in [2.45, 2.75) is 39.7 Å². The molecule has 3 heteroatoms. The van der Waals surface area contributed by atoms with Crippen molar-refractivity contribution in [2.75, 3.05) is 6.61 Å². The summed E-state index contributed by atoms with van der Waals surface area (Å²) >= 11 is 0. The third-order valence-corrected chi connectivity index (χ3v) is 4.65. The van der Waals surface area contributed by atoms with E-state index in [1.165, 1.54) is 0 Å². The number of ether oxygens (including phenoxy) is 1. The van der Waals surface area contributed by atoms with Crippen molar-refractivity contribution in [2.24, 2.45) is 17.3 Å². The maximum Gasteiger partial charge on any atom is 0.342 e. The first-order chi connectivity index (χ1) is 8.35. The van der Waals surface area contributed by atoms with Gasteiger partial charge in [-0.1, -0.05) is 45.9 Å². The molecule has 0 spiro atoms. The lowest BCUT2D eigenvalue weighted by Crippen LogP contribution is -2.37. The van der Waals surface area contributed by atoms with Gasteiger partial charge in [-0.3, -0.25) is 0 Å². The van der Waals surface area contributed by atoms with Crippen molar-refractivity contribution < 1.29 is 14.6 Å². The van der Waals surface area contributed by atoms with Crippen molar-refractivity contribution in [3.8, 4) is 0 Å². The van der Waals surface area contributed by atoms with Gasteiger partial charge in [0, 0.05) is 0 Å². The summed E-state index contributed by atoms with van der Waals surface area (Å²) in [7, 11) is 0. The van der Waals surface area contributed by atoms with Crippen LogP contribution in [0.25, 0.3) is 0 Å². The summed E-state index contributed by atoms with van der Waals surface area (Å²) in [6.45, 7) is 9.13. The monoisotopic (exact) mass is 250 g/mol. The number of carbonyl (C=O) groups is 1. The molecule has 1 N–H and O–H groups in total. The van der Waals surface area contributed by atoms with Crippen LogP contribution in [-0.4, -0.2) is 23.3 Å². The SMILES string of the molecule is CC(C)C1(C(C)C)C=CC=C(C2(C(=O)O)CO2)C1. The average Bonchev–Trinajstić information content (AvgIpc) is 3.09. The van der Waals surface area contributed by atoms with E-state index in [-0.39, 0.29) is 5.41 Å². The van der Waals surface area contributed by atoms with E-state index in [2.05, 4.69) is 33.8 Å². The maximum absolute atomic E-state index is 11.3. The Labute approximate surface area is 109 Å². The van der Waals surface area contributed by atoms with Crippen LogP contribution >= 0.6 is 0 Å². The maximum atomic E-state index is 11.3. The lowest BCUT2D eigenvalue weighted by atomic mass is 9.62. The number of hydrogen-bond donors (Lipinski definition) is 1. The molecule has 0 radical (unpaired) electrons. The Bertz CT molecular complexity index is 403. The zero-order valence-electron chi connectivity index (χ0n) is 11.6. The van der Waals surface area contributed by atoms with Crippen LogP contribution in [0.3, 0.4) is 0 Å². The molecule has 0 saturated carbocycles. The fourth-order valence-electron chi connectivity index (χ4n) is 3.05. The largest absolute Gasteiger partial charge is 0.479 e. The molecule has 0 aromatic carbocycles. The number of allylic oxidation sites excluding steroid dienone is 3. The summed E-state index contributed by atoms with van der Waals surface area (Å²) in [5.74, 6) is 0.0922. The van der Waals surface area contributed by atoms with E-state index in [4.69, 9.17) is 4.74 Å². The van der Waals surface area contributed by atoms with Gasteiger partial charge in [-0.2, -0.15) is 0 Å². The molecule has 1 fully saturated rings. The van der Waals surface area contributed by atoms with Gasteiger partial charge >= 0.3 is 5.97 Å². The molecule has 1 aliphatic heterocycles. The van der Waals surface area contributed by atoms with Crippen LogP contribution in [-0.2, 0) is 9.53 Å². The summed E-state index contributed by atoms with van der Waals surface area (Å²) in [5, 5.41) is 9.31.